The van der Waals surface area contributed by atoms with Crippen LogP contribution in [0.4, 0.5) is 13.2 Å². The molecule has 1 aromatic rings. The second-order valence-corrected chi connectivity index (χ2v) is 7.95. The van der Waals surface area contributed by atoms with E-state index in [0.29, 0.717) is 35.6 Å². The Kier molecular flexibility index (Phi) is 7.83. The predicted molar refractivity (Wildman–Crippen MR) is 104 cm³/mol. The van der Waals surface area contributed by atoms with Crippen LogP contribution >= 0.6 is 23.4 Å². The number of Topliss-reactive ketones (excluding diaryl/α,β-unsaturated/α-hetero) is 1. The summed E-state index contributed by atoms with van der Waals surface area (Å²) in [5.74, 6) is 0.252. The first kappa shape index (κ1) is 22.6. The van der Waals surface area contributed by atoms with Gasteiger partial charge in [0.2, 0.25) is 0 Å². The van der Waals surface area contributed by atoms with E-state index < -0.39 is 11.7 Å². The molecule has 0 saturated carbocycles. The Morgan fingerprint density at radius 1 is 1.39 bits per heavy atom. The van der Waals surface area contributed by atoms with Crippen molar-refractivity contribution in [2.45, 2.75) is 43.7 Å². The molecule has 0 saturated heterocycles. The molecule has 1 aliphatic rings. The van der Waals surface area contributed by atoms with Gasteiger partial charge in [-0.15, -0.1) is 11.8 Å². The van der Waals surface area contributed by atoms with Crippen LogP contribution in [-0.4, -0.2) is 29.5 Å². The monoisotopic (exact) mass is 435 g/mol. The number of allylic oxidation sites excluding steroid dienone is 2. The van der Waals surface area contributed by atoms with Crippen molar-refractivity contribution in [1.82, 2.24) is 0 Å². The van der Waals surface area contributed by atoms with E-state index in [1.54, 1.807) is 6.07 Å². The summed E-state index contributed by atoms with van der Waals surface area (Å²) in [4.78, 5) is 17.6. The Morgan fingerprint density at radius 2 is 2.11 bits per heavy atom. The number of oxime groups is 1. The number of rotatable bonds is 7. The molecule has 0 spiro atoms. The minimum Gasteiger partial charge on any atom is -0.511 e. The smallest absolute Gasteiger partial charge is 0.417 e. The number of halogens is 4. The lowest BCUT2D eigenvalue weighted by Crippen LogP contribution is -2.24. The van der Waals surface area contributed by atoms with Crippen LogP contribution in [0.1, 0.15) is 38.2 Å². The van der Waals surface area contributed by atoms with E-state index in [2.05, 4.69) is 5.16 Å². The minimum absolute atomic E-state index is 0.00486. The fourth-order valence-corrected chi connectivity index (χ4v) is 4.33. The van der Waals surface area contributed by atoms with E-state index in [0.717, 1.165) is 6.07 Å². The van der Waals surface area contributed by atoms with Crippen molar-refractivity contribution in [3.63, 3.8) is 0 Å². The number of aliphatic hydroxyl groups excluding tert-OH is 1. The zero-order chi connectivity index (χ0) is 20.9. The summed E-state index contributed by atoms with van der Waals surface area (Å²) in [6.45, 7) is 1.81. The lowest BCUT2D eigenvalue weighted by Gasteiger charge is -2.23. The zero-order valence-corrected chi connectivity index (χ0v) is 17.0. The number of aliphatic hydroxyl groups is 1. The van der Waals surface area contributed by atoms with Crippen molar-refractivity contribution >= 4 is 34.9 Å². The van der Waals surface area contributed by atoms with Crippen LogP contribution in [0.15, 0.2) is 39.6 Å². The molecule has 4 nitrogen and oxygen atoms in total. The summed E-state index contributed by atoms with van der Waals surface area (Å²) in [5.41, 5.74) is -0.221. The summed E-state index contributed by atoms with van der Waals surface area (Å²) >= 11 is 6.89. The van der Waals surface area contributed by atoms with Crippen molar-refractivity contribution in [3.05, 3.63) is 40.1 Å². The molecular formula is C19H21ClF3NO3S. The van der Waals surface area contributed by atoms with Gasteiger partial charge in [0.05, 0.1) is 21.9 Å². The lowest BCUT2D eigenvalue weighted by atomic mass is 9.83. The number of alkyl halides is 3. The quantitative estimate of drug-likeness (QED) is 0.322. The van der Waals surface area contributed by atoms with Gasteiger partial charge in [-0.3, -0.25) is 4.79 Å². The highest BCUT2D eigenvalue weighted by molar-refractivity contribution is 7.99. The van der Waals surface area contributed by atoms with Gasteiger partial charge in [-0.1, -0.05) is 23.7 Å². The van der Waals surface area contributed by atoms with E-state index in [1.807, 2.05) is 6.92 Å². The fourth-order valence-electron chi connectivity index (χ4n) is 3.06. The largest absolute Gasteiger partial charge is 0.511 e. The molecule has 1 N–H and O–H groups in total. The van der Waals surface area contributed by atoms with E-state index in [-0.39, 0.29) is 34.5 Å². The van der Waals surface area contributed by atoms with E-state index in [9.17, 15) is 23.1 Å². The molecule has 0 amide bonds. The normalized spacial score (nSPS) is 18.6. The molecule has 0 aromatic heterocycles. The van der Waals surface area contributed by atoms with E-state index >= 15 is 0 Å². The van der Waals surface area contributed by atoms with Crippen LogP contribution < -0.4 is 0 Å². The number of thioether (sulfide) groups is 1. The Labute approximate surface area is 170 Å². The second kappa shape index (κ2) is 9.69. The average molecular weight is 436 g/mol. The van der Waals surface area contributed by atoms with Gasteiger partial charge < -0.3 is 9.94 Å². The molecule has 0 heterocycles. The number of benzene rings is 1. The van der Waals surface area contributed by atoms with Gasteiger partial charge in [0.1, 0.15) is 12.9 Å². The molecule has 1 atom stereocenters. The zero-order valence-electron chi connectivity index (χ0n) is 15.5. The first-order valence-electron chi connectivity index (χ1n) is 8.72. The van der Waals surface area contributed by atoms with E-state index in [1.165, 1.54) is 24.9 Å². The molecule has 0 fully saturated rings. The number of ketones is 1. The van der Waals surface area contributed by atoms with Crippen LogP contribution in [0.25, 0.3) is 0 Å². The Bertz CT molecular complexity index is 793. The minimum atomic E-state index is -4.50. The Morgan fingerprint density at radius 3 is 2.68 bits per heavy atom. The van der Waals surface area contributed by atoms with Crippen molar-refractivity contribution in [2.75, 3.05) is 12.9 Å². The van der Waals surface area contributed by atoms with Crippen LogP contribution in [0.3, 0.4) is 0 Å². The summed E-state index contributed by atoms with van der Waals surface area (Å²) in [7, 11) is 1.38. The Hall–Kier alpha value is -1.67. The first-order valence-corrected chi connectivity index (χ1v) is 10.1. The van der Waals surface area contributed by atoms with Gasteiger partial charge in [0, 0.05) is 17.7 Å². The third kappa shape index (κ3) is 5.67. The van der Waals surface area contributed by atoms with Gasteiger partial charge in [-0.25, -0.2) is 0 Å². The third-order valence-corrected chi connectivity index (χ3v) is 5.74. The average Bonchev–Trinajstić information content (AvgIpc) is 2.60. The number of carbonyl (C=O) groups excluding carboxylic acids is 1. The van der Waals surface area contributed by atoms with Gasteiger partial charge in [-0.2, -0.15) is 13.2 Å². The topological polar surface area (TPSA) is 58.9 Å². The van der Waals surface area contributed by atoms with Crippen molar-refractivity contribution < 1.29 is 27.9 Å². The van der Waals surface area contributed by atoms with Gasteiger partial charge >= 0.3 is 6.18 Å². The predicted octanol–water partition coefficient (Wildman–Crippen LogP) is 6.04. The highest BCUT2D eigenvalue weighted by Crippen LogP contribution is 2.38. The molecule has 0 radical (unpaired) electrons. The number of hydrogen-bond donors (Lipinski definition) is 1. The van der Waals surface area contributed by atoms with Gasteiger partial charge in [0.15, 0.2) is 5.78 Å². The van der Waals surface area contributed by atoms with Gasteiger partial charge in [0.25, 0.3) is 0 Å². The maximum Gasteiger partial charge on any atom is 0.417 e. The van der Waals surface area contributed by atoms with Gasteiger partial charge in [-0.05, 0) is 42.7 Å². The highest BCUT2D eigenvalue weighted by Gasteiger charge is 2.33. The third-order valence-electron chi connectivity index (χ3n) is 4.39. The summed E-state index contributed by atoms with van der Waals surface area (Å²) < 4.78 is 38.8. The summed E-state index contributed by atoms with van der Waals surface area (Å²) in [5, 5.41) is 13.8. The lowest BCUT2D eigenvalue weighted by molar-refractivity contribution is -0.137. The van der Waals surface area contributed by atoms with Crippen LogP contribution in [0.5, 0.6) is 0 Å². The first-order chi connectivity index (χ1) is 13.2. The van der Waals surface area contributed by atoms with Crippen molar-refractivity contribution in [1.29, 1.82) is 0 Å². The molecule has 1 unspecified atom stereocenters. The maximum absolute atomic E-state index is 12.9. The molecule has 2 rings (SSSR count). The summed E-state index contributed by atoms with van der Waals surface area (Å²) in [6, 6.07) is 3.81. The van der Waals surface area contributed by atoms with Crippen LogP contribution in [0, 0.1) is 5.92 Å². The molecule has 9 heteroatoms. The number of nitrogens with zero attached hydrogens (tertiary/aromatic N) is 1. The molecule has 1 aliphatic carbocycles. The molecule has 154 valence electrons. The Balaban J connectivity index is 2.00. The molecule has 28 heavy (non-hydrogen) atoms. The SMILES string of the molecule is CCC(=NOC)C1=C(O)CC(CCSc2ccc(Cl)c(C(F)(F)F)c2)CC1=O. The van der Waals surface area contributed by atoms with Crippen LogP contribution in [0.2, 0.25) is 5.02 Å². The standard InChI is InChI=1S/C19H21ClF3NO3S/c1-3-15(24-27-2)18-16(25)8-11(9-17(18)26)6-7-28-12-4-5-14(20)13(10-12)19(21,22)23/h4-5,10-11,25H,3,6-9H2,1-2H3. The second-order valence-electron chi connectivity index (χ2n) is 6.37. The fraction of sp³-hybridized carbons (Fsp3) is 0.474. The number of carbonyl (C=O) groups is 1. The van der Waals surface area contributed by atoms with E-state index in [4.69, 9.17) is 16.4 Å². The molecular weight excluding hydrogens is 415 g/mol. The number of hydrogen-bond acceptors (Lipinski definition) is 5. The maximum atomic E-state index is 12.9. The molecule has 0 aliphatic heterocycles. The van der Waals surface area contributed by atoms with Crippen molar-refractivity contribution in [2.24, 2.45) is 11.1 Å². The van der Waals surface area contributed by atoms with Crippen LogP contribution in [-0.2, 0) is 15.8 Å². The van der Waals surface area contributed by atoms with Crippen molar-refractivity contribution in [3.8, 4) is 0 Å². The highest BCUT2D eigenvalue weighted by atomic mass is 35.5. The molecule has 1 aromatic carbocycles. The summed E-state index contributed by atoms with van der Waals surface area (Å²) in [6.07, 6.45) is -2.87. The molecule has 0 bridgehead atoms.